The van der Waals surface area contributed by atoms with E-state index in [4.69, 9.17) is 0 Å². The number of sulfone groups is 1. The van der Waals surface area contributed by atoms with Gasteiger partial charge in [-0.25, -0.2) is 13.4 Å². The van der Waals surface area contributed by atoms with Gasteiger partial charge in [0, 0.05) is 19.1 Å². The van der Waals surface area contributed by atoms with Gasteiger partial charge in [-0.1, -0.05) is 36.8 Å². The van der Waals surface area contributed by atoms with Crippen LogP contribution in [0.5, 0.6) is 0 Å². The molecule has 2 aromatic rings. The van der Waals surface area contributed by atoms with E-state index in [9.17, 15) is 13.5 Å². The van der Waals surface area contributed by atoms with Crippen molar-refractivity contribution >= 4 is 9.84 Å². The Bertz CT molecular complexity index is 862. The van der Waals surface area contributed by atoms with E-state index in [1.165, 1.54) is 5.56 Å². The Morgan fingerprint density at radius 3 is 2.64 bits per heavy atom. The van der Waals surface area contributed by atoms with Crippen LogP contribution in [-0.4, -0.2) is 52.4 Å². The molecule has 6 nitrogen and oxygen atoms in total. The normalized spacial score (nSPS) is 18.6. The SMILES string of the molecule is CC(C)S(=O)(=O)c1ncc(CN2CCCC[C@H]2CO)n1CCc1ccccc1. The predicted molar refractivity (Wildman–Crippen MR) is 110 cm³/mol. The third-order valence-corrected chi connectivity index (χ3v) is 7.64. The molecule has 0 amide bonds. The van der Waals surface area contributed by atoms with Crippen molar-refractivity contribution in [2.45, 2.75) is 69.1 Å². The Morgan fingerprint density at radius 2 is 1.96 bits per heavy atom. The van der Waals surface area contributed by atoms with E-state index in [0.29, 0.717) is 13.1 Å². The molecule has 0 radical (unpaired) electrons. The second-order valence-corrected chi connectivity index (χ2v) is 10.2. The molecule has 2 heterocycles. The van der Waals surface area contributed by atoms with Gasteiger partial charge < -0.3 is 9.67 Å². The first-order valence-electron chi connectivity index (χ1n) is 10.1. The molecule has 154 valence electrons. The Hall–Kier alpha value is -1.70. The van der Waals surface area contributed by atoms with E-state index in [-0.39, 0.29) is 17.8 Å². The third-order valence-electron chi connectivity index (χ3n) is 5.57. The van der Waals surface area contributed by atoms with Crippen LogP contribution in [0.25, 0.3) is 0 Å². The Kier molecular flexibility index (Phi) is 6.91. The van der Waals surface area contributed by atoms with Gasteiger partial charge in [-0.3, -0.25) is 4.90 Å². The van der Waals surface area contributed by atoms with E-state index >= 15 is 0 Å². The Morgan fingerprint density at radius 1 is 1.21 bits per heavy atom. The van der Waals surface area contributed by atoms with Crippen molar-refractivity contribution in [2.75, 3.05) is 13.2 Å². The van der Waals surface area contributed by atoms with Crippen molar-refractivity contribution in [3.8, 4) is 0 Å². The first kappa shape index (κ1) is 21.0. The second-order valence-electron chi connectivity index (χ2n) is 7.82. The smallest absolute Gasteiger partial charge is 0.228 e. The molecule has 1 aromatic carbocycles. The molecule has 7 heteroatoms. The number of aliphatic hydroxyl groups is 1. The average Bonchev–Trinajstić information content (AvgIpc) is 3.10. The maximum Gasteiger partial charge on any atom is 0.228 e. The fourth-order valence-electron chi connectivity index (χ4n) is 3.76. The lowest BCUT2D eigenvalue weighted by Gasteiger charge is -2.34. The summed E-state index contributed by atoms with van der Waals surface area (Å²) in [7, 11) is -3.47. The summed E-state index contributed by atoms with van der Waals surface area (Å²) >= 11 is 0. The number of likely N-dealkylation sites (tertiary alicyclic amines) is 1. The first-order chi connectivity index (χ1) is 13.4. The molecular weight excluding hydrogens is 374 g/mol. The number of benzene rings is 1. The van der Waals surface area contributed by atoms with Crippen molar-refractivity contribution in [1.29, 1.82) is 0 Å². The fourth-order valence-corrected chi connectivity index (χ4v) is 4.90. The fraction of sp³-hybridized carbons (Fsp3) is 0.571. The molecule has 1 aliphatic rings. The molecular formula is C21H31N3O3S. The van der Waals surface area contributed by atoms with Gasteiger partial charge in [-0.2, -0.15) is 0 Å². The van der Waals surface area contributed by atoms with E-state index in [2.05, 4.69) is 22.0 Å². The number of imidazole rings is 1. The molecule has 3 rings (SSSR count). The number of aryl methyl sites for hydroxylation is 1. The van der Waals surface area contributed by atoms with E-state index in [0.717, 1.165) is 37.9 Å². The van der Waals surface area contributed by atoms with Crippen LogP contribution in [0.1, 0.15) is 44.4 Å². The lowest BCUT2D eigenvalue weighted by molar-refractivity contribution is 0.0819. The van der Waals surface area contributed by atoms with Crippen molar-refractivity contribution < 1.29 is 13.5 Å². The van der Waals surface area contributed by atoms with Gasteiger partial charge in [-0.05, 0) is 45.2 Å². The molecule has 1 fully saturated rings. The highest BCUT2D eigenvalue weighted by molar-refractivity contribution is 7.91. The van der Waals surface area contributed by atoms with Crippen LogP contribution in [-0.2, 0) is 29.3 Å². The summed E-state index contributed by atoms with van der Waals surface area (Å²) < 4.78 is 27.6. The topological polar surface area (TPSA) is 75.4 Å². The molecule has 0 bridgehead atoms. The van der Waals surface area contributed by atoms with Crippen LogP contribution in [0, 0.1) is 0 Å². The molecule has 1 aromatic heterocycles. The molecule has 1 atom stereocenters. The maximum absolute atomic E-state index is 12.9. The van der Waals surface area contributed by atoms with Crippen molar-refractivity contribution in [3.63, 3.8) is 0 Å². The van der Waals surface area contributed by atoms with Crippen LogP contribution < -0.4 is 0 Å². The van der Waals surface area contributed by atoms with Gasteiger partial charge >= 0.3 is 0 Å². The van der Waals surface area contributed by atoms with Gasteiger partial charge in [0.25, 0.3) is 0 Å². The zero-order valence-corrected chi connectivity index (χ0v) is 17.6. The zero-order valence-electron chi connectivity index (χ0n) is 16.8. The molecule has 1 aliphatic heterocycles. The molecule has 1 saturated heterocycles. The third kappa shape index (κ3) is 4.64. The maximum atomic E-state index is 12.9. The highest BCUT2D eigenvalue weighted by Gasteiger charge is 2.28. The minimum atomic E-state index is -3.47. The van der Waals surface area contributed by atoms with Crippen LogP contribution in [0.15, 0.2) is 41.7 Å². The number of rotatable bonds is 8. The number of nitrogens with zero attached hydrogens (tertiary/aromatic N) is 3. The number of hydrogen-bond acceptors (Lipinski definition) is 5. The Balaban J connectivity index is 1.89. The van der Waals surface area contributed by atoms with Gasteiger partial charge in [0.1, 0.15) is 0 Å². The summed E-state index contributed by atoms with van der Waals surface area (Å²) in [4.78, 5) is 6.58. The molecule has 0 spiro atoms. The predicted octanol–water partition coefficient (Wildman–Crippen LogP) is 2.65. The average molecular weight is 406 g/mol. The summed E-state index contributed by atoms with van der Waals surface area (Å²) in [5, 5.41) is 9.35. The van der Waals surface area contributed by atoms with Crippen LogP contribution in [0.2, 0.25) is 0 Å². The minimum absolute atomic E-state index is 0.134. The highest BCUT2D eigenvalue weighted by atomic mass is 32.2. The number of aliphatic hydroxyl groups excluding tert-OH is 1. The standard InChI is InChI=1S/C21H31N3O3S/c1-17(2)28(26,27)21-22-14-20(15-23-12-7-6-10-19(23)16-25)24(21)13-11-18-8-4-3-5-9-18/h3-5,8-9,14,17,19,25H,6-7,10-13,15-16H2,1-2H3/t19-/m0/s1. The van der Waals surface area contributed by atoms with E-state index in [1.54, 1.807) is 20.0 Å². The van der Waals surface area contributed by atoms with E-state index < -0.39 is 15.1 Å². The molecule has 0 aliphatic carbocycles. The molecule has 28 heavy (non-hydrogen) atoms. The molecule has 0 unspecified atom stereocenters. The van der Waals surface area contributed by atoms with Crippen LogP contribution >= 0.6 is 0 Å². The quantitative estimate of drug-likeness (QED) is 0.731. The highest BCUT2D eigenvalue weighted by Crippen LogP contribution is 2.23. The van der Waals surface area contributed by atoms with Gasteiger partial charge in [-0.15, -0.1) is 0 Å². The van der Waals surface area contributed by atoms with Crippen LogP contribution in [0.4, 0.5) is 0 Å². The number of aromatic nitrogens is 2. The zero-order chi connectivity index (χ0) is 20.1. The summed E-state index contributed by atoms with van der Waals surface area (Å²) in [5.41, 5.74) is 2.07. The summed E-state index contributed by atoms with van der Waals surface area (Å²) in [6.07, 6.45) is 5.65. The second kappa shape index (κ2) is 9.20. The van der Waals surface area contributed by atoms with Gasteiger partial charge in [0.2, 0.25) is 15.0 Å². The van der Waals surface area contributed by atoms with Gasteiger partial charge in [0.05, 0.1) is 23.7 Å². The molecule has 0 saturated carbocycles. The van der Waals surface area contributed by atoms with Crippen LogP contribution in [0.3, 0.4) is 0 Å². The monoisotopic (exact) mass is 405 g/mol. The summed E-state index contributed by atoms with van der Waals surface area (Å²) in [6, 6.07) is 10.2. The van der Waals surface area contributed by atoms with E-state index in [1.807, 2.05) is 22.8 Å². The minimum Gasteiger partial charge on any atom is -0.395 e. The van der Waals surface area contributed by atoms with Crippen molar-refractivity contribution in [3.05, 3.63) is 47.8 Å². The summed E-state index contributed by atoms with van der Waals surface area (Å²) in [5.74, 6) is 0. The molecule has 1 N–H and O–H groups in total. The lowest BCUT2D eigenvalue weighted by atomic mass is 10.0. The van der Waals surface area contributed by atoms with Crippen molar-refractivity contribution in [1.82, 2.24) is 14.5 Å². The summed E-state index contributed by atoms with van der Waals surface area (Å²) in [6.45, 7) is 5.62. The first-order valence-corrected chi connectivity index (χ1v) is 11.6. The van der Waals surface area contributed by atoms with Gasteiger partial charge in [0.15, 0.2) is 0 Å². The lowest BCUT2D eigenvalue weighted by Crippen LogP contribution is -2.41. The number of hydrogen-bond donors (Lipinski definition) is 1. The Labute approximate surface area is 168 Å². The largest absolute Gasteiger partial charge is 0.395 e. The van der Waals surface area contributed by atoms with Crippen molar-refractivity contribution in [2.24, 2.45) is 0 Å². The number of piperidine rings is 1.